The van der Waals surface area contributed by atoms with Crippen molar-refractivity contribution in [1.82, 2.24) is 15.5 Å². The summed E-state index contributed by atoms with van der Waals surface area (Å²) in [6, 6.07) is 7.23. The minimum Gasteiger partial charge on any atom is -0.357 e. The van der Waals surface area contributed by atoms with Crippen molar-refractivity contribution in [3.05, 3.63) is 35.1 Å². The minimum atomic E-state index is -0.334. The van der Waals surface area contributed by atoms with E-state index in [2.05, 4.69) is 41.3 Å². The molecule has 0 radical (unpaired) electrons. The quantitative estimate of drug-likeness (QED) is 0.392. The topological polar surface area (TPSA) is 63.5 Å². The maximum absolute atomic E-state index is 13.9. The van der Waals surface area contributed by atoms with Crippen LogP contribution in [0.25, 0.3) is 0 Å². The van der Waals surface area contributed by atoms with Crippen LogP contribution in [0.4, 0.5) is 4.39 Å². The van der Waals surface area contributed by atoms with Gasteiger partial charge in [-0.2, -0.15) is 5.26 Å². The normalized spacial score (nSPS) is 20.6. The molecule has 2 N–H and O–H groups in total. The number of hydrogen-bond acceptors (Lipinski definition) is 3. The molecule has 1 saturated heterocycles. The minimum absolute atomic E-state index is 0. The molecule has 144 valence electrons. The van der Waals surface area contributed by atoms with Gasteiger partial charge in [0.1, 0.15) is 5.82 Å². The summed E-state index contributed by atoms with van der Waals surface area (Å²) in [7, 11) is 0. The molecule has 26 heavy (non-hydrogen) atoms. The summed E-state index contributed by atoms with van der Waals surface area (Å²) in [5.74, 6) is 0.871. The van der Waals surface area contributed by atoms with Gasteiger partial charge in [-0.1, -0.05) is 6.92 Å². The van der Waals surface area contributed by atoms with Crippen LogP contribution in [0.5, 0.6) is 0 Å². The lowest BCUT2D eigenvalue weighted by atomic mass is 10.1. The molecular formula is C19H29FIN5. The molecule has 0 aliphatic carbocycles. The fourth-order valence-corrected chi connectivity index (χ4v) is 3.04. The van der Waals surface area contributed by atoms with Crippen LogP contribution in [-0.4, -0.2) is 42.6 Å². The highest BCUT2D eigenvalue weighted by atomic mass is 127. The Morgan fingerprint density at radius 3 is 2.73 bits per heavy atom. The Balaban J connectivity index is 0.00000338. The molecule has 1 fully saturated rings. The molecule has 0 bridgehead atoms. The van der Waals surface area contributed by atoms with Crippen molar-refractivity contribution < 1.29 is 4.39 Å². The predicted molar refractivity (Wildman–Crippen MR) is 114 cm³/mol. The maximum atomic E-state index is 13.9. The Kier molecular flexibility index (Phi) is 9.30. The van der Waals surface area contributed by atoms with E-state index in [1.807, 2.05) is 13.0 Å². The fourth-order valence-electron chi connectivity index (χ4n) is 3.04. The van der Waals surface area contributed by atoms with E-state index in [-0.39, 0.29) is 36.3 Å². The molecule has 2 atom stereocenters. The Morgan fingerprint density at radius 1 is 1.42 bits per heavy atom. The Bertz CT molecular complexity index is 656. The molecule has 1 aromatic rings. The molecule has 0 saturated carbocycles. The zero-order valence-electron chi connectivity index (χ0n) is 15.9. The third-order valence-corrected chi connectivity index (χ3v) is 4.62. The Hall–Kier alpha value is -1.40. The number of hydrogen-bond donors (Lipinski definition) is 2. The van der Waals surface area contributed by atoms with Crippen molar-refractivity contribution in [2.45, 2.75) is 46.3 Å². The number of benzene rings is 1. The van der Waals surface area contributed by atoms with Gasteiger partial charge in [-0.15, -0.1) is 24.0 Å². The van der Waals surface area contributed by atoms with E-state index in [0.29, 0.717) is 35.1 Å². The summed E-state index contributed by atoms with van der Waals surface area (Å²) in [6.45, 7) is 11.6. The van der Waals surface area contributed by atoms with Gasteiger partial charge in [0.05, 0.1) is 18.2 Å². The smallest absolute Gasteiger partial charge is 0.191 e. The van der Waals surface area contributed by atoms with Crippen LogP contribution < -0.4 is 10.6 Å². The first-order chi connectivity index (χ1) is 11.9. The molecule has 7 heteroatoms. The number of halogens is 2. The molecule has 1 heterocycles. The van der Waals surface area contributed by atoms with E-state index in [9.17, 15) is 4.39 Å². The second-order valence-electron chi connectivity index (χ2n) is 6.89. The third-order valence-electron chi connectivity index (χ3n) is 4.62. The van der Waals surface area contributed by atoms with Gasteiger partial charge >= 0.3 is 0 Å². The van der Waals surface area contributed by atoms with Crippen LogP contribution in [0.15, 0.2) is 23.2 Å². The second kappa shape index (κ2) is 10.7. The number of likely N-dealkylation sites (tertiary alicyclic amines) is 1. The first-order valence-electron chi connectivity index (χ1n) is 8.92. The summed E-state index contributed by atoms with van der Waals surface area (Å²) in [5.41, 5.74) is 0.876. The lowest BCUT2D eigenvalue weighted by Crippen LogP contribution is -2.46. The van der Waals surface area contributed by atoms with E-state index >= 15 is 0 Å². The van der Waals surface area contributed by atoms with Gasteiger partial charge in [0, 0.05) is 37.3 Å². The fraction of sp³-hybridized carbons (Fsp3) is 0.579. The van der Waals surface area contributed by atoms with Gasteiger partial charge in [-0.3, -0.25) is 4.90 Å². The average Bonchev–Trinajstić information content (AvgIpc) is 2.95. The lowest BCUT2D eigenvalue weighted by molar-refractivity contribution is 0.265. The van der Waals surface area contributed by atoms with Crippen molar-refractivity contribution >= 4 is 29.9 Å². The first kappa shape index (κ1) is 22.6. The summed E-state index contributed by atoms with van der Waals surface area (Å²) < 4.78 is 13.9. The number of aliphatic imine (C=N–C) groups is 1. The number of nitriles is 1. The number of guanidine groups is 1. The van der Waals surface area contributed by atoms with E-state index in [0.717, 1.165) is 19.6 Å². The van der Waals surface area contributed by atoms with Crippen molar-refractivity contribution in [2.75, 3.05) is 19.6 Å². The largest absolute Gasteiger partial charge is 0.357 e. The van der Waals surface area contributed by atoms with Crippen LogP contribution in [-0.2, 0) is 6.54 Å². The molecule has 1 aromatic carbocycles. The van der Waals surface area contributed by atoms with Gasteiger partial charge in [-0.25, -0.2) is 9.38 Å². The number of nitrogens with zero attached hydrogens (tertiary/aromatic N) is 3. The Labute approximate surface area is 173 Å². The summed E-state index contributed by atoms with van der Waals surface area (Å²) in [5, 5.41) is 15.7. The van der Waals surface area contributed by atoms with Crippen LogP contribution in [0.1, 0.15) is 38.8 Å². The first-order valence-corrected chi connectivity index (χ1v) is 8.92. The Morgan fingerprint density at radius 2 is 2.15 bits per heavy atom. The van der Waals surface area contributed by atoms with Crippen molar-refractivity contribution in [3.63, 3.8) is 0 Å². The van der Waals surface area contributed by atoms with Gasteiger partial charge in [0.2, 0.25) is 0 Å². The van der Waals surface area contributed by atoms with E-state index in [4.69, 9.17) is 5.26 Å². The summed E-state index contributed by atoms with van der Waals surface area (Å²) in [6.07, 6.45) is 0. The second-order valence-corrected chi connectivity index (χ2v) is 6.89. The number of nitrogens with one attached hydrogen (secondary N) is 2. The SMILES string of the molecule is CCNC(=NCc1cc(C#N)ccc1F)NC1CN(C(C)C)CC1C.I. The highest BCUT2D eigenvalue weighted by Gasteiger charge is 2.31. The van der Waals surface area contributed by atoms with Crippen LogP contribution in [0, 0.1) is 23.1 Å². The van der Waals surface area contributed by atoms with Crippen molar-refractivity contribution in [3.8, 4) is 6.07 Å². The highest BCUT2D eigenvalue weighted by molar-refractivity contribution is 14.0. The van der Waals surface area contributed by atoms with E-state index in [1.165, 1.54) is 12.1 Å². The van der Waals surface area contributed by atoms with Crippen LogP contribution in [0.3, 0.4) is 0 Å². The highest BCUT2D eigenvalue weighted by Crippen LogP contribution is 2.18. The van der Waals surface area contributed by atoms with Crippen LogP contribution in [0.2, 0.25) is 0 Å². The maximum Gasteiger partial charge on any atom is 0.191 e. The molecule has 0 spiro atoms. The molecule has 1 aliphatic heterocycles. The van der Waals surface area contributed by atoms with E-state index < -0.39 is 0 Å². The van der Waals surface area contributed by atoms with Gasteiger partial charge < -0.3 is 10.6 Å². The molecule has 1 aliphatic rings. The zero-order chi connectivity index (χ0) is 18.4. The van der Waals surface area contributed by atoms with Crippen LogP contribution >= 0.6 is 24.0 Å². The molecule has 5 nitrogen and oxygen atoms in total. The lowest BCUT2D eigenvalue weighted by Gasteiger charge is -2.22. The molecule has 2 rings (SSSR count). The monoisotopic (exact) mass is 473 g/mol. The van der Waals surface area contributed by atoms with Gasteiger partial charge in [-0.05, 0) is 44.9 Å². The predicted octanol–water partition coefficient (Wildman–Crippen LogP) is 3.10. The van der Waals surface area contributed by atoms with E-state index in [1.54, 1.807) is 6.07 Å². The average molecular weight is 473 g/mol. The molecular weight excluding hydrogens is 444 g/mol. The van der Waals surface area contributed by atoms with Crippen molar-refractivity contribution in [2.24, 2.45) is 10.9 Å². The zero-order valence-corrected chi connectivity index (χ0v) is 18.3. The molecule has 2 unspecified atom stereocenters. The summed E-state index contributed by atoms with van der Waals surface area (Å²) >= 11 is 0. The van der Waals surface area contributed by atoms with Crippen molar-refractivity contribution in [1.29, 1.82) is 5.26 Å². The van der Waals surface area contributed by atoms with Gasteiger partial charge in [0.15, 0.2) is 5.96 Å². The summed E-state index contributed by atoms with van der Waals surface area (Å²) in [4.78, 5) is 6.96. The molecule has 0 aromatic heterocycles. The molecule has 0 amide bonds. The van der Waals surface area contributed by atoms with Gasteiger partial charge in [0.25, 0.3) is 0 Å². The third kappa shape index (κ3) is 6.09. The number of rotatable bonds is 5. The standard InChI is InChI=1S/C19H28FN5.HI/c1-5-22-19(24-18-12-25(13(2)3)11-14(18)4)23-10-16-8-15(9-21)6-7-17(16)20;/h6-8,13-14,18H,5,10-12H2,1-4H3,(H2,22,23,24);1H.